The van der Waals surface area contributed by atoms with Crippen molar-refractivity contribution in [2.75, 3.05) is 20.1 Å². The van der Waals surface area contributed by atoms with Gasteiger partial charge in [0.1, 0.15) is 6.04 Å². The van der Waals surface area contributed by atoms with Crippen LogP contribution in [-0.4, -0.2) is 52.7 Å². The van der Waals surface area contributed by atoms with Gasteiger partial charge in [-0.3, -0.25) is 14.3 Å². The van der Waals surface area contributed by atoms with E-state index in [1.807, 2.05) is 0 Å². The molecule has 23 heavy (non-hydrogen) atoms. The van der Waals surface area contributed by atoms with Crippen LogP contribution in [0.4, 0.5) is 0 Å². The normalized spacial score (nSPS) is 15.6. The summed E-state index contributed by atoms with van der Waals surface area (Å²) >= 11 is 0. The molecule has 1 heterocycles. The van der Waals surface area contributed by atoms with Gasteiger partial charge in [0.25, 0.3) is 0 Å². The minimum absolute atomic E-state index is 0. The van der Waals surface area contributed by atoms with E-state index in [0.29, 0.717) is 12.5 Å². The van der Waals surface area contributed by atoms with Gasteiger partial charge in [0.05, 0.1) is 6.54 Å². The lowest BCUT2D eigenvalue weighted by atomic mass is 10.2. The molecule has 1 aromatic rings. The first kappa shape index (κ1) is 21.7. The number of likely N-dealkylation sites (N-methyl/N-ethyl adjacent to an activating group) is 1. The molecule has 2 rings (SSSR count). The molecule has 3 N–H and O–H groups in total. The fraction of sp³-hybridized carbons (Fsp3) is 0.643. The molecule has 0 saturated heterocycles. The molecule has 0 bridgehead atoms. The highest BCUT2D eigenvalue weighted by molar-refractivity contribution is 5.86. The molecule has 1 aromatic heterocycles. The molecule has 0 aromatic carbocycles. The van der Waals surface area contributed by atoms with Crippen LogP contribution in [0.5, 0.6) is 0 Å². The Morgan fingerprint density at radius 2 is 2.09 bits per heavy atom. The number of carbonyl (C=O) groups excluding carboxylic acids is 2. The Balaban J connectivity index is 0.00000242. The number of nitrogens with zero attached hydrogens (tertiary/aromatic N) is 3. The zero-order chi connectivity index (χ0) is 15.4. The maximum atomic E-state index is 12.2. The first-order valence-corrected chi connectivity index (χ1v) is 7.26. The number of hydrogen-bond acceptors (Lipinski definition) is 4. The first-order valence-electron chi connectivity index (χ1n) is 7.26. The van der Waals surface area contributed by atoms with E-state index in [0.717, 1.165) is 12.8 Å². The topological polar surface area (TPSA) is 93.3 Å². The number of rotatable bonds is 7. The van der Waals surface area contributed by atoms with Crippen LogP contribution in [0.15, 0.2) is 18.5 Å². The number of aromatic nitrogens is 2. The molecule has 0 spiro atoms. The Hall–Kier alpha value is -1.31. The number of carbonyl (C=O) groups is 2. The largest absolute Gasteiger partial charge is 0.350 e. The van der Waals surface area contributed by atoms with Gasteiger partial charge in [0.2, 0.25) is 11.8 Å². The summed E-state index contributed by atoms with van der Waals surface area (Å²) in [7, 11) is 1.62. The van der Waals surface area contributed by atoms with E-state index in [1.165, 1.54) is 4.90 Å². The van der Waals surface area contributed by atoms with Crippen molar-refractivity contribution in [1.29, 1.82) is 0 Å². The van der Waals surface area contributed by atoms with Crippen molar-refractivity contribution in [1.82, 2.24) is 20.0 Å². The molecular formula is C14H25Cl2N5O2. The molecule has 1 fully saturated rings. The number of amides is 2. The molecule has 0 aliphatic heterocycles. The smallest absolute Gasteiger partial charge is 0.247 e. The monoisotopic (exact) mass is 365 g/mol. The third-order valence-electron chi connectivity index (χ3n) is 3.83. The van der Waals surface area contributed by atoms with E-state index in [-0.39, 0.29) is 49.2 Å². The number of nitrogens with two attached hydrogens (primary N) is 1. The van der Waals surface area contributed by atoms with Crippen LogP contribution in [0.25, 0.3) is 0 Å². The summed E-state index contributed by atoms with van der Waals surface area (Å²) in [6.07, 6.45) is 5.59. The van der Waals surface area contributed by atoms with Gasteiger partial charge in [-0.1, -0.05) is 0 Å². The SMILES string of the molecule is CC(C(=O)N(C)CC(=O)NC(CN)C1CC1)n1cccn1.Cl.Cl. The fourth-order valence-corrected chi connectivity index (χ4v) is 2.36. The summed E-state index contributed by atoms with van der Waals surface area (Å²) in [6.45, 7) is 2.24. The van der Waals surface area contributed by atoms with Crippen molar-refractivity contribution in [2.45, 2.75) is 31.8 Å². The van der Waals surface area contributed by atoms with Crippen LogP contribution in [0.2, 0.25) is 0 Å². The maximum absolute atomic E-state index is 12.2. The molecule has 1 aliphatic carbocycles. The minimum atomic E-state index is -0.425. The van der Waals surface area contributed by atoms with Gasteiger partial charge in [0, 0.05) is 32.0 Å². The van der Waals surface area contributed by atoms with Crippen LogP contribution >= 0.6 is 24.8 Å². The van der Waals surface area contributed by atoms with Gasteiger partial charge in [-0.15, -0.1) is 24.8 Å². The van der Waals surface area contributed by atoms with E-state index < -0.39 is 6.04 Å². The number of nitrogens with one attached hydrogen (secondary N) is 1. The van der Waals surface area contributed by atoms with Gasteiger partial charge < -0.3 is 16.0 Å². The summed E-state index contributed by atoms with van der Waals surface area (Å²) in [5.74, 6) is 0.188. The molecule has 2 amide bonds. The van der Waals surface area contributed by atoms with Crippen molar-refractivity contribution < 1.29 is 9.59 Å². The summed E-state index contributed by atoms with van der Waals surface area (Å²) in [5, 5.41) is 6.95. The molecule has 132 valence electrons. The second-order valence-corrected chi connectivity index (χ2v) is 5.60. The zero-order valence-electron chi connectivity index (χ0n) is 13.3. The lowest BCUT2D eigenvalue weighted by molar-refractivity contribution is -0.137. The molecule has 2 unspecified atom stereocenters. The molecule has 1 saturated carbocycles. The van der Waals surface area contributed by atoms with Gasteiger partial charge in [-0.25, -0.2) is 0 Å². The molecule has 9 heteroatoms. The fourth-order valence-electron chi connectivity index (χ4n) is 2.36. The highest BCUT2D eigenvalue weighted by Crippen LogP contribution is 2.32. The lowest BCUT2D eigenvalue weighted by Crippen LogP contribution is -2.47. The van der Waals surface area contributed by atoms with Crippen LogP contribution in [0, 0.1) is 5.92 Å². The predicted octanol–water partition coefficient (Wildman–Crippen LogP) is 0.600. The van der Waals surface area contributed by atoms with E-state index in [1.54, 1.807) is 37.1 Å². The lowest BCUT2D eigenvalue weighted by Gasteiger charge is -2.23. The van der Waals surface area contributed by atoms with Crippen molar-refractivity contribution in [3.63, 3.8) is 0 Å². The summed E-state index contributed by atoms with van der Waals surface area (Å²) in [5.41, 5.74) is 5.66. The van der Waals surface area contributed by atoms with Crippen molar-refractivity contribution in [3.05, 3.63) is 18.5 Å². The molecular weight excluding hydrogens is 341 g/mol. The Kier molecular flexibility index (Phi) is 9.19. The average Bonchev–Trinajstić information content (AvgIpc) is 3.16. The van der Waals surface area contributed by atoms with Crippen LogP contribution in [0.1, 0.15) is 25.8 Å². The highest BCUT2D eigenvalue weighted by Gasteiger charge is 2.31. The van der Waals surface area contributed by atoms with Crippen molar-refractivity contribution in [2.24, 2.45) is 11.7 Å². The van der Waals surface area contributed by atoms with E-state index >= 15 is 0 Å². The van der Waals surface area contributed by atoms with Gasteiger partial charge in [-0.05, 0) is 31.7 Å². The quantitative estimate of drug-likeness (QED) is 0.739. The Labute approximate surface area is 148 Å². The standard InChI is InChI=1S/C14H23N5O2.2ClH/c1-10(19-7-3-6-16-19)14(21)18(2)9-13(20)17-12(8-15)11-4-5-11;;/h3,6-7,10-12H,4-5,8-9,15H2,1-2H3,(H,17,20);2*1H. The molecule has 0 radical (unpaired) electrons. The maximum Gasteiger partial charge on any atom is 0.247 e. The molecule has 1 aliphatic rings. The van der Waals surface area contributed by atoms with E-state index in [4.69, 9.17) is 5.73 Å². The van der Waals surface area contributed by atoms with Crippen LogP contribution in [-0.2, 0) is 9.59 Å². The third kappa shape index (κ3) is 6.01. The summed E-state index contributed by atoms with van der Waals surface area (Å²) < 4.78 is 1.57. The predicted molar refractivity (Wildman–Crippen MR) is 92.8 cm³/mol. The first-order chi connectivity index (χ1) is 10.0. The Morgan fingerprint density at radius 3 is 2.57 bits per heavy atom. The number of halogens is 2. The van der Waals surface area contributed by atoms with Gasteiger partial charge in [-0.2, -0.15) is 5.10 Å². The zero-order valence-corrected chi connectivity index (χ0v) is 15.0. The highest BCUT2D eigenvalue weighted by atomic mass is 35.5. The minimum Gasteiger partial charge on any atom is -0.350 e. The third-order valence-corrected chi connectivity index (χ3v) is 3.83. The van der Waals surface area contributed by atoms with Crippen molar-refractivity contribution >= 4 is 36.6 Å². The van der Waals surface area contributed by atoms with Crippen molar-refractivity contribution in [3.8, 4) is 0 Å². The van der Waals surface area contributed by atoms with E-state index in [2.05, 4.69) is 10.4 Å². The van der Waals surface area contributed by atoms with Crippen LogP contribution < -0.4 is 11.1 Å². The Bertz CT molecular complexity index is 493. The molecule has 2 atom stereocenters. The second-order valence-electron chi connectivity index (χ2n) is 5.60. The average molecular weight is 366 g/mol. The van der Waals surface area contributed by atoms with Gasteiger partial charge in [0.15, 0.2) is 0 Å². The van der Waals surface area contributed by atoms with Crippen LogP contribution in [0.3, 0.4) is 0 Å². The van der Waals surface area contributed by atoms with Gasteiger partial charge >= 0.3 is 0 Å². The Morgan fingerprint density at radius 1 is 1.43 bits per heavy atom. The summed E-state index contributed by atoms with van der Waals surface area (Å²) in [4.78, 5) is 25.6. The number of hydrogen-bond donors (Lipinski definition) is 2. The summed E-state index contributed by atoms with van der Waals surface area (Å²) in [6, 6.07) is 1.37. The van der Waals surface area contributed by atoms with E-state index in [9.17, 15) is 9.59 Å². The molecule has 7 nitrogen and oxygen atoms in total. The second kappa shape index (κ2) is 9.75.